The zero-order valence-electron chi connectivity index (χ0n) is 11.9. The highest BCUT2D eigenvalue weighted by atomic mass is 16.5. The average Bonchev–Trinajstić information content (AvgIpc) is 2.37. The lowest BCUT2D eigenvalue weighted by Gasteiger charge is -2.61. The average molecular weight is 264 g/mol. The van der Waals surface area contributed by atoms with Crippen molar-refractivity contribution in [3.63, 3.8) is 0 Å². The zero-order chi connectivity index (χ0) is 13.8. The van der Waals surface area contributed by atoms with Crippen LogP contribution in [0.2, 0.25) is 0 Å². The van der Waals surface area contributed by atoms with Gasteiger partial charge in [0, 0.05) is 11.0 Å². The topological polar surface area (TPSA) is 46.5 Å². The van der Waals surface area contributed by atoms with Crippen molar-refractivity contribution < 1.29 is 14.6 Å². The van der Waals surface area contributed by atoms with E-state index in [9.17, 15) is 9.90 Å². The molecule has 0 aromatic carbocycles. The van der Waals surface area contributed by atoms with Crippen molar-refractivity contribution in [2.24, 2.45) is 29.1 Å². The largest absolute Gasteiger partial charge is 0.462 e. The predicted octanol–water partition coefficient (Wildman–Crippen LogP) is 2.54. The zero-order valence-corrected chi connectivity index (χ0v) is 11.9. The highest BCUT2D eigenvalue weighted by molar-refractivity contribution is 5.86. The molecule has 4 aliphatic rings. The summed E-state index contributed by atoms with van der Waals surface area (Å²) < 4.78 is 5.43. The van der Waals surface area contributed by atoms with Gasteiger partial charge in [0.25, 0.3) is 0 Å². The van der Waals surface area contributed by atoms with Crippen LogP contribution in [0.1, 0.15) is 39.5 Å². The van der Waals surface area contributed by atoms with E-state index >= 15 is 0 Å². The van der Waals surface area contributed by atoms with E-state index in [2.05, 4.69) is 13.5 Å². The Balaban J connectivity index is 1.75. The number of aliphatic hydroxyl groups is 1. The summed E-state index contributed by atoms with van der Waals surface area (Å²) in [5.74, 6) is 1.90. The van der Waals surface area contributed by atoms with Gasteiger partial charge in [-0.2, -0.15) is 0 Å². The van der Waals surface area contributed by atoms with Crippen molar-refractivity contribution in [2.45, 2.75) is 45.6 Å². The summed E-state index contributed by atoms with van der Waals surface area (Å²) in [6.07, 6.45) is 4.47. The number of rotatable bonds is 3. The molecular weight excluding hydrogens is 240 g/mol. The Kier molecular flexibility index (Phi) is 3.01. The first-order valence-corrected chi connectivity index (χ1v) is 7.42. The molecule has 0 amide bonds. The molecule has 3 nitrogen and oxygen atoms in total. The molecule has 0 heterocycles. The molecule has 0 radical (unpaired) electrons. The SMILES string of the molecule is C=C(C)C(=O)OCC1(C)C2CC3CC(C2)C(O)C1C3. The summed E-state index contributed by atoms with van der Waals surface area (Å²) in [7, 11) is 0. The van der Waals surface area contributed by atoms with Crippen LogP contribution < -0.4 is 0 Å². The molecule has 4 aliphatic carbocycles. The minimum Gasteiger partial charge on any atom is -0.462 e. The minimum atomic E-state index is -0.301. The normalized spacial score (nSPS) is 47.2. The first-order valence-electron chi connectivity index (χ1n) is 7.42. The van der Waals surface area contributed by atoms with Crippen molar-refractivity contribution in [3.8, 4) is 0 Å². The number of esters is 1. The molecule has 1 N–H and O–H groups in total. The molecule has 3 heteroatoms. The van der Waals surface area contributed by atoms with E-state index < -0.39 is 0 Å². The molecule has 0 aromatic rings. The summed E-state index contributed by atoms with van der Waals surface area (Å²) in [4.78, 5) is 11.6. The van der Waals surface area contributed by atoms with Gasteiger partial charge >= 0.3 is 5.97 Å². The molecule has 0 spiro atoms. The first-order chi connectivity index (χ1) is 8.91. The van der Waals surface area contributed by atoms with Crippen LogP contribution in [0, 0.1) is 29.1 Å². The molecule has 0 saturated heterocycles. The van der Waals surface area contributed by atoms with Gasteiger partial charge in [0.15, 0.2) is 0 Å². The van der Waals surface area contributed by atoms with Crippen molar-refractivity contribution in [1.82, 2.24) is 0 Å². The Bertz CT molecular complexity index is 416. The summed E-state index contributed by atoms with van der Waals surface area (Å²) >= 11 is 0. The molecule has 6 atom stereocenters. The molecular formula is C16H24O3. The van der Waals surface area contributed by atoms with Gasteiger partial charge in [-0.3, -0.25) is 0 Å². The smallest absolute Gasteiger partial charge is 0.333 e. The number of carbonyl (C=O) groups is 1. The molecule has 4 fully saturated rings. The quantitative estimate of drug-likeness (QED) is 0.629. The number of hydrogen-bond donors (Lipinski definition) is 1. The van der Waals surface area contributed by atoms with Crippen LogP contribution in [0.25, 0.3) is 0 Å². The highest BCUT2D eigenvalue weighted by Gasteiger charge is 2.59. The maximum absolute atomic E-state index is 11.6. The van der Waals surface area contributed by atoms with E-state index in [1.807, 2.05) is 0 Å². The van der Waals surface area contributed by atoms with Gasteiger partial charge < -0.3 is 9.84 Å². The van der Waals surface area contributed by atoms with Gasteiger partial charge in [0.05, 0.1) is 12.7 Å². The summed E-state index contributed by atoms with van der Waals surface area (Å²) in [6, 6.07) is 0. The van der Waals surface area contributed by atoms with Gasteiger partial charge in [0.2, 0.25) is 0 Å². The van der Waals surface area contributed by atoms with Crippen LogP contribution in [0.3, 0.4) is 0 Å². The van der Waals surface area contributed by atoms with Crippen molar-refractivity contribution in [3.05, 3.63) is 12.2 Å². The lowest BCUT2D eigenvalue weighted by atomic mass is 9.45. The molecule has 106 valence electrons. The molecule has 4 saturated carbocycles. The van der Waals surface area contributed by atoms with Gasteiger partial charge in [-0.15, -0.1) is 0 Å². The minimum absolute atomic E-state index is 0.0437. The van der Waals surface area contributed by atoms with E-state index in [-0.39, 0.29) is 17.5 Å². The second-order valence-corrected chi connectivity index (χ2v) is 7.23. The van der Waals surface area contributed by atoms with E-state index in [0.29, 0.717) is 29.9 Å². The number of ether oxygens (including phenoxy) is 1. The molecule has 4 rings (SSSR count). The monoisotopic (exact) mass is 264 g/mol. The molecule has 4 bridgehead atoms. The number of aliphatic hydroxyl groups excluding tert-OH is 1. The third-order valence-electron chi connectivity index (χ3n) is 5.97. The van der Waals surface area contributed by atoms with Crippen LogP contribution in [-0.2, 0) is 9.53 Å². The van der Waals surface area contributed by atoms with Crippen molar-refractivity contribution >= 4 is 5.97 Å². The van der Waals surface area contributed by atoms with Crippen LogP contribution >= 0.6 is 0 Å². The summed E-state index contributed by atoms with van der Waals surface area (Å²) in [5, 5.41) is 10.5. The van der Waals surface area contributed by atoms with Gasteiger partial charge in [-0.1, -0.05) is 13.5 Å². The van der Waals surface area contributed by atoms with Gasteiger partial charge in [0.1, 0.15) is 0 Å². The van der Waals surface area contributed by atoms with Crippen LogP contribution in [0.4, 0.5) is 0 Å². The molecule has 6 unspecified atom stereocenters. The Hall–Kier alpha value is -0.830. The maximum atomic E-state index is 11.6. The first kappa shape index (κ1) is 13.2. The van der Waals surface area contributed by atoms with E-state index in [0.717, 1.165) is 18.8 Å². The maximum Gasteiger partial charge on any atom is 0.333 e. The molecule has 19 heavy (non-hydrogen) atoms. The van der Waals surface area contributed by atoms with Crippen molar-refractivity contribution in [1.29, 1.82) is 0 Å². The Morgan fingerprint density at radius 1 is 1.37 bits per heavy atom. The second kappa shape index (κ2) is 4.34. The fourth-order valence-corrected chi connectivity index (χ4v) is 4.85. The fourth-order valence-electron chi connectivity index (χ4n) is 4.85. The Labute approximate surface area is 115 Å². The molecule has 0 aliphatic heterocycles. The Morgan fingerprint density at radius 3 is 2.79 bits per heavy atom. The van der Waals surface area contributed by atoms with Crippen LogP contribution in [0.5, 0.6) is 0 Å². The summed E-state index contributed by atoms with van der Waals surface area (Å²) in [6.45, 7) is 7.94. The van der Waals surface area contributed by atoms with Gasteiger partial charge in [-0.25, -0.2) is 4.79 Å². The standard InChI is InChI=1S/C16H24O3/c1-9(2)15(18)19-8-16(3)12-5-10-4-11(7-12)14(17)13(16)6-10/h10-14,17H,1,4-8H2,2-3H3. The van der Waals surface area contributed by atoms with Crippen LogP contribution in [0.15, 0.2) is 12.2 Å². The second-order valence-electron chi connectivity index (χ2n) is 7.23. The highest BCUT2D eigenvalue weighted by Crippen LogP contribution is 2.62. The van der Waals surface area contributed by atoms with E-state index in [4.69, 9.17) is 4.74 Å². The Morgan fingerprint density at radius 2 is 2.11 bits per heavy atom. The predicted molar refractivity (Wildman–Crippen MR) is 72.3 cm³/mol. The molecule has 0 aromatic heterocycles. The van der Waals surface area contributed by atoms with E-state index in [1.165, 1.54) is 12.8 Å². The summed E-state index contributed by atoms with van der Waals surface area (Å²) in [5.41, 5.74) is 0.408. The van der Waals surface area contributed by atoms with E-state index in [1.54, 1.807) is 6.92 Å². The third-order valence-corrected chi connectivity index (χ3v) is 5.97. The lowest BCUT2D eigenvalue weighted by molar-refractivity contribution is -0.194. The van der Waals surface area contributed by atoms with Crippen molar-refractivity contribution in [2.75, 3.05) is 6.61 Å². The number of hydrogen-bond acceptors (Lipinski definition) is 3. The van der Waals surface area contributed by atoms with Gasteiger partial charge in [-0.05, 0) is 56.3 Å². The third kappa shape index (κ3) is 1.94. The lowest BCUT2D eigenvalue weighted by Crippen LogP contribution is -2.60. The number of carbonyl (C=O) groups excluding carboxylic acids is 1. The van der Waals surface area contributed by atoms with Crippen LogP contribution in [-0.4, -0.2) is 23.8 Å². The fraction of sp³-hybridized carbons (Fsp3) is 0.812.